The van der Waals surface area contributed by atoms with Gasteiger partial charge in [0.25, 0.3) is 11.5 Å². The van der Waals surface area contributed by atoms with Crippen LogP contribution in [-0.2, 0) is 25.8 Å². The highest BCUT2D eigenvalue weighted by Crippen LogP contribution is 2.32. The number of amides is 1. The topological polar surface area (TPSA) is 262 Å². The quantitative estimate of drug-likeness (QED) is 0.0562. The van der Waals surface area contributed by atoms with E-state index < -0.39 is 17.6 Å². The molecule has 3 aromatic carbocycles. The lowest BCUT2D eigenvalue weighted by Crippen LogP contribution is -2.22. The second-order valence-electron chi connectivity index (χ2n) is 17.7. The van der Waals surface area contributed by atoms with E-state index >= 15 is 0 Å². The highest BCUT2D eigenvalue weighted by atomic mass is 19.4. The molecule has 0 saturated carbocycles. The van der Waals surface area contributed by atoms with E-state index in [1.807, 2.05) is 67.6 Å². The van der Waals surface area contributed by atoms with Crippen molar-refractivity contribution in [2.75, 3.05) is 27.4 Å². The van der Waals surface area contributed by atoms with Crippen LogP contribution in [0.15, 0.2) is 145 Å². The molecule has 22 heteroatoms. The minimum Gasteiger partial charge on any atom is -0.384 e. The number of aromatic amines is 2. The van der Waals surface area contributed by atoms with Crippen molar-refractivity contribution in [2.24, 2.45) is 0 Å². The zero-order valence-electron chi connectivity index (χ0n) is 40.4. The van der Waals surface area contributed by atoms with Gasteiger partial charge in [-0.2, -0.15) is 23.4 Å². The number of rotatable bonds is 12. The smallest absolute Gasteiger partial charge is 0.384 e. The molecule has 11 aromatic rings. The van der Waals surface area contributed by atoms with Crippen LogP contribution in [0.3, 0.4) is 0 Å². The zero-order chi connectivity index (χ0) is 53.1. The van der Waals surface area contributed by atoms with Crippen LogP contribution in [0.4, 0.5) is 46.7 Å². The molecule has 9 N–H and O–H groups in total. The Kier molecular flexibility index (Phi) is 13.5. The van der Waals surface area contributed by atoms with Crippen LogP contribution < -0.4 is 33.0 Å². The summed E-state index contributed by atoms with van der Waals surface area (Å²) >= 11 is 0. The second-order valence-corrected chi connectivity index (χ2v) is 17.7. The fraction of sp³-hybridized carbons (Fsp3) is 0.111. The Morgan fingerprint density at radius 2 is 1.25 bits per heavy atom. The lowest BCUT2D eigenvalue weighted by atomic mass is 10.0. The van der Waals surface area contributed by atoms with E-state index in [4.69, 9.17) is 11.5 Å². The number of alkyl halides is 3. The van der Waals surface area contributed by atoms with E-state index in [-0.39, 0.29) is 41.7 Å². The summed E-state index contributed by atoms with van der Waals surface area (Å²) in [4.78, 5) is 51.7. The van der Waals surface area contributed by atoms with Crippen LogP contribution in [0.5, 0.6) is 0 Å². The summed E-state index contributed by atoms with van der Waals surface area (Å²) in [5.74, 6) is 0.510. The van der Waals surface area contributed by atoms with Gasteiger partial charge in [-0.15, -0.1) is 0 Å². The molecule has 18 nitrogen and oxygen atoms in total. The first-order valence-electron chi connectivity index (χ1n) is 23.4. The molecule has 0 spiro atoms. The van der Waals surface area contributed by atoms with E-state index in [1.54, 1.807) is 62.0 Å². The molecule has 0 saturated heterocycles. The first-order chi connectivity index (χ1) is 36.6. The van der Waals surface area contributed by atoms with E-state index in [0.717, 1.165) is 50.4 Å². The monoisotopic (exact) mass is 1020 g/mol. The summed E-state index contributed by atoms with van der Waals surface area (Å²) in [6.45, 7) is 4.41. The largest absolute Gasteiger partial charge is 0.417 e. The third-order valence-corrected chi connectivity index (χ3v) is 12.3. The van der Waals surface area contributed by atoms with E-state index in [0.29, 0.717) is 68.9 Å². The fourth-order valence-corrected chi connectivity index (χ4v) is 8.09. The molecule has 0 fully saturated rings. The standard InChI is InChI=1S/C28H23FN8O.C26H21F3N8O/c1-16-2-3-18(10-22(16)29)14-37-15-34-23-8-9-31-27(24(23)28(37)38)32-12-17-4-6-19(7-5-17)20-11-21-25(30)35-36-26(21)33-13-20;1-14-2-7-21(31-10-14)35-25(38)20-9-18(26(27,28)29)13-34-23(20)32-11-15-3-5-16(6-4-15)17-8-19-22(30)36-37-24(19)33-12-17/h2-11,13,15H,12,14H2,1H3,(H,31,32)(H3,30,33,35,36);2-10,12-13H,11H2,1H3,(H,32,34)(H,31,35,38)(H3,30,33,36,37). The van der Waals surface area contributed by atoms with Gasteiger partial charge in [0.2, 0.25) is 0 Å². The number of nitrogens with two attached hydrogens (primary N) is 2. The molecule has 0 atom stereocenters. The maximum absolute atomic E-state index is 14.0. The van der Waals surface area contributed by atoms with E-state index in [2.05, 4.69) is 66.2 Å². The van der Waals surface area contributed by atoms with Gasteiger partial charge < -0.3 is 27.4 Å². The van der Waals surface area contributed by atoms with Crippen molar-refractivity contribution in [3.05, 3.63) is 196 Å². The molecule has 0 radical (unpaired) electrons. The van der Waals surface area contributed by atoms with Crippen molar-refractivity contribution in [3.63, 3.8) is 0 Å². The number of aromatic nitrogens is 11. The maximum atomic E-state index is 14.0. The number of H-pyrrole nitrogens is 2. The summed E-state index contributed by atoms with van der Waals surface area (Å²) in [7, 11) is 0. The van der Waals surface area contributed by atoms with Crippen molar-refractivity contribution in [2.45, 2.75) is 39.7 Å². The summed E-state index contributed by atoms with van der Waals surface area (Å²) in [6, 6.07) is 30.0. The van der Waals surface area contributed by atoms with Crippen LogP contribution in [0.25, 0.3) is 55.2 Å². The lowest BCUT2D eigenvalue weighted by molar-refractivity contribution is -0.137. The number of benzene rings is 3. The minimum absolute atomic E-state index is 0.0109. The number of aryl methyl sites for hydroxylation is 2. The number of hydrogen-bond donors (Lipinski definition) is 7. The Morgan fingerprint density at radius 3 is 1.83 bits per heavy atom. The SMILES string of the molecule is Cc1ccc(Cn2cnc3ccnc(NCc4ccc(-c5cnc6n[nH]c(N)c6c5)cc4)c3c2=O)cc1F.Cc1ccc(NC(=O)c2cc(C(F)(F)F)cnc2NCc2ccc(-c3cnc4n[nH]c(N)c4c3)cc2)nc1. The van der Waals surface area contributed by atoms with Crippen molar-refractivity contribution in [3.8, 4) is 22.3 Å². The van der Waals surface area contributed by atoms with Crippen molar-refractivity contribution < 1.29 is 22.4 Å². The number of nitrogen functional groups attached to an aromatic ring is 2. The predicted octanol–water partition coefficient (Wildman–Crippen LogP) is 9.61. The number of fused-ring (bicyclic) bond motifs is 3. The van der Waals surface area contributed by atoms with Gasteiger partial charge in [-0.05, 0) is 89.2 Å². The van der Waals surface area contributed by atoms with E-state index in [1.165, 1.54) is 17.0 Å². The maximum Gasteiger partial charge on any atom is 0.417 e. The molecule has 0 bridgehead atoms. The fourth-order valence-electron chi connectivity index (χ4n) is 8.09. The Morgan fingerprint density at radius 1 is 0.645 bits per heavy atom. The zero-order valence-corrected chi connectivity index (χ0v) is 40.4. The van der Waals surface area contributed by atoms with Crippen molar-refractivity contribution in [1.29, 1.82) is 0 Å². The summed E-state index contributed by atoms with van der Waals surface area (Å²) in [6.07, 6.45) is 4.13. The van der Waals surface area contributed by atoms with Gasteiger partial charge in [0.15, 0.2) is 11.3 Å². The molecule has 380 valence electrons. The van der Waals surface area contributed by atoms with Gasteiger partial charge in [0.05, 0.1) is 40.3 Å². The summed E-state index contributed by atoms with van der Waals surface area (Å²) in [5, 5.41) is 24.2. The number of halogens is 4. The molecule has 11 rings (SSSR count). The van der Waals surface area contributed by atoms with Crippen LogP contribution in [0, 0.1) is 19.7 Å². The average molecular weight is 1030 g/mol. The normalized spacial score (nSPS) is 11.4. The van der Waals surface area contributed by atoms with Crippen LogP contribution in [0.1, 0.15) is 43.7 Å². The van der Waals surface area contributed by atoms with Crippen LogP contribution in [0.2, 0.25) is 0 Å². The summed E-state index contributed by atoms with van der Waals surface area (Å²) < 4.78 is 55.5. The van der Waals surface area contributed by atoms with Gasteiger partial charge in [-0.25, -0.2) is 34.3 Å². The predicted molar refractivity (Wildman–Crippen MR) is 282 cm³/mol. The number of anilines is 5. The number of nitrogens with one attached hydrogen (secondary N) is 5. The molecule has 76 heavy (non-hydrogen) atoms. The average Bonchev–Trinajstić information content (AvgIpc) is 4.00. The molecular formula is C54H44F4N16O2. The number of pyridine rings is 5. The molecule has 8 heterocycles. The molecule has 0 aliphatic rings. The second kappa shape index (κ2) is 20.8. The minimum atomic E-state index is -4.66. The number of carbonyl (C=O) groups is 1. The Balaban J connectivity index is 0.000000173. The Bertz CT molecular complexity index is 3990. The number of carbonyl (C=O) groups excluding carboxylic acids is 1. The highest BCUT2D eigenvalue weighted by Gasteiger charge is 2.33. The molecule has 8 aromatic heterocycles. The molecule has 0 aliphatic carbocycles. The van der Waals surface area contributed by atoms with Crippen molar-refractivity contribution >= 4 is 68.0 Å². The third kappa shape index (κ3) is 10.8. The van der Waals surface area contributed by atoms with Gasteiger partial charge >= 0.3 is 6.18 Å². The Labute approximate surface area is 428 Å². The molecule has 0 unspecified atom stereocenters. The molecular weight excluding hydrogens is 981 g/mol. The van der Waals surface area contributed by atoms with Gasteiger partial charge in [-0.1, -0.05) is 66.7 Å². The van der Waals surface area contributed by atoms with E-state index in [9.17, 15) is 27.2 Å². The molecule has 0 aliphatic heterocycles. The van der Waals surface area contributed by atoms with Gasteiger partial charge in [-0.3, -0.25) is 24.4 Å². The first kappa shape index (κ1) is 49.5. The molecule has 1 amide bonds. The van der Waals surface area contributed by atoms with Crippen molar-refractivity contribution in [1.82, 2.24) is 54.9 Å². The van der Waals surface area contributed by atoms with Gasteiger partial charge in [0.1, 0.15) is 40.3 Å². The van der Waals surface area contributed by atoms with Gasteiger partial charge in [0, 0.05) is 55.2 Å². The first-order valence-corrected chi connectivity index (χ1v) is 23.4. The number of hydrogen-bond acceptors (Lipinski definition) is 14. The lowest BCUT2D eigenvalue weighted by Gasteiger charge is -2.14. The summed E-state index contributed by atoms with van der Waals surface area (Å²) in [5.41, 5.74) is 19.5. The highest BCUT2D eigenvalue weighted by molar-refractivity contribution is 6.07. The Hall–Kier alpha value is -10.1. The number of nitrogens with zero attached hydrogens (tertiary/aromatic N) is 9. The van der Waals surface area contributed by atoms with Crippen LogP contribution >= 0.6 is 0 Å². The third-order valence-electron chi connectivity index (χ3n) is 12.3. The van der Waals surface area contributed by atoms with Crippen LogP contribution in [-0.4, -0.2) is 60.8 Å².